The van der Waals surface area contributed by atoms with Gasteiger partial charge in [0.05, 0.1) is 17.5 Å². The van der Waals surface area contributed by atoms with E-state index in [1.165, 1.54) is 0 Å². The summed E-state index contributed by atoms with van der Waals surface area (Å²) >= 11 is 0. The highest BCUT2D eigenvalue weighted by atomic mass is 32.2. The number of nitrogens with zero attached hydrogens (tertiary/aromatic N) is 1. The molecule has 0 saturated heterocycles. The fourth-order valence-electron chi connectivity index (χ4n) is 3.05. The average molecular weight is 335 g/mol. The molecule has 0 unspecified atom stereocenters. The van der Waals surface area contributed by atoms with Crippen molar-refractivity contribution < 1.29 is 8.42 Å². The first-order valence-electron chi connectivity index (χ1n) is 8.21. The van der Waals surface area contributed by atoms with Crippen molar-refractivity contribution in [1.82, 2.24) is 0 Å². The second-order valence-electron chi connectivity index (χ2n) is 6.23. The number of benzene rings is 1. The van der Waals surface area contributed by atoms with Gasteiger partial charge in [-0.1, -0.05) is 19.4 Å². The summed E-state index contributed by atoms with van der Waals surface area (Å²) in [5.41, 5.74) is 2.45. The van der Waals surface area contributed by atoms with E-state index in [0.29, 0.717) is 12.1 Å². The van der Waals surface area contributed by atoms with E-state index in [9.17, 15) is 8.42 Å². The zero-order chi connectivity index (χ0) is 16.9. The molecular weight excluding hydrogens is 310 g/mol. The second-order valence-corrected chi connectivity index (χ2v) is 8.07. The first kappa shape index (κ1) is 17.6. The monoisotopic (exact) mass is 335 g/mol. The molecule has 5 nitrogen and oxygen atoms in total. The molecule has 23 heavy (non-hydrogen) atoms. The third-order valence-corrected chi connectivity index (χ3v) is 5.77. The van der Waals surface area contributed by atoms with Gasteiger partial charge in [-0.15, -0.1) is 0 Å². The summed E-state index contributed by atoms with van der Waals surface area (Å²) in [4.78, 5) is 0. The first-order chi connectivity index (χ1) is 10.9. The molecular formula is C17H25N3O2S. The molecule has 2 rings (SSSR count). The van der Waals surface area contributed by atoms with E-state index >= 15 is 0 Å². The third-order valence-electron chi connectivity index (χ3n) is 4.29. The van der Waals surface area contributed by atoms with E-state index < -0.39 is 10.0 Å². The number of anilines is 2. The van der Waals surface area contributed by atoms with Crippen molar-refractivity contribution in [3.63, 3.8) is 0 Å². The minimum atomic E-state index is -3.29. The number of hydrogen-bond acceptors (Lipinski definition) is 4. The molecule has 0 aromatic heterocycles. The molecule has 0 spiro atoms. The number of nitrogens with one attached hydrogen (secondary N) is 2. The van der Waals surface area contributed by atoms with E-state index in [-0.39, 0.29) is 17.7 Å². The van der Waals surface area contributed by atoms with Gasteiger partial charge < -0.3 is 5.32 Å². The molecule has 0 amide bonds. The van der Waals surface area contributed by atoms with Crippen molar-refractivity contribution in [2.75, 3.05) is 15.8 Å². The Labute approximate surface area is 139 Å². The lowest BCUT2D eigenvalue weighted by Crippen LogP contribution is -2.27. The van der Waals surface area contributed by atoms with Crippen LogP contribution < -0.4 is 10.0 Å². The van der Waals surface area contributed by atoms with Crippen LogP contribution in [0.25, 0.3) is 0 Å². The Bertz CT molecular complexity index is 680. The van der Waals surface area contributed by atoms with Crippen molar-refractivity contribution in [2.45, 2.75) is 52.0 Å². The van der Waals surface area contributed by atoms with Gasteiger partial charge in [0.25, 0.3) is 0 Å². The maximum absolute atomic E-state index is 12.0. The number of nitriles is 1. The predicted octanol–water partition coefficient (Wildman–Crippen LogP) is 3.64. The van der Waals surface area contributed by atoms with Gasteiger partial charge in [-0.25, -0.2) is 8.42 Å². The van der Waals surface area contributed by atoms with Gasteiger partial charge in [-0.3, -0.25) is 4.72 Å². The van der Waals surface area contributed by atoms with Crippen LogP contribution in [0.3, 0.4) is 0 Å². The molecule has 126 valence electrons. The fraction of sp³-hybridized carbons (Fsp3) is 0.588. The number of hydrogen-bond donors (Lipinski definition) is 2. The standard InChI is InChI=1S/C17H25N3O2S/c1-3-10-23(21,22)20-17-9-5-8-16(13(17)2)19-15-7-4-6-14(11-15)12-18/h5,8-9,14-15,19-20H,3-4,6-7,10-11H2,1-2H3/t14-,15-/m1/s1. The minimum Gasteiger partial charge on any atom is -0.382 e. The van der Waals surface area contributed by atoms with Crippen LogP contribution >= 0.6 is 0 Å². The zero-order valence-electron chi connectivity index (χ0n) is 13.8. The van der Waals surface area contributed by atoms with Crippen LogP contribution in [0.4, 0.5) is 11.4 Å². The largest absolute Gasteiger partial charge is 0.382 e. The van der Waals surface area contributed by atoms with E-state index in [2.05, 4.69) is 16.1 Å². The molecule has 0 bridgehead atoms. The summed E-state index contributed by atoms with van der Waals surface area (Å²) in [6.07, 6.45) is 4.51. The van der Waals surface area contributed by atoms with Crippen molar-refractivity contribution >= 4 is 21.4 Å². The summed E-state index contributed by atoms with van der Waals surface area (Å²) in [5.74, 6) is 0.240. The molecule has 1 aromatic carbocycles. The normalized spacial score (nSPS) is 21.4. The highest BCUT2D eigenvalue weighted by molar-refractivity contribution is 7.92. The Kier molecular flexibility index (Phi) is 5.89. The highest BCUT2D eigenvalue weighted by Crippen LogP contribution is 2.30. The van der Waals surface area contributed by atoms with Crippen molar-refractivity contribution in [2.24, 2.45) is 5.92 Å². The first-order valence-corrected chi connectivity index (χ1v) is 9.86. The molecule has 2 atom stereocenters. The van der Waals surface area contributed by atoms with E-state index in [1.54, 1.807) is 6.07 Å². The van der Waals surface area contributed by atoms with Crippen LogP contribution in [-0.2, 0) is 10.0 Å². The molecule has 6 heteroatoms. The minimum absolute atomic E-state index is 0.118. The Morgan fingerprint density at radius 3 is 2.74 bits per heavy atom. The molecule has 0 radical (unpaired) electrons. The predicted molar refractivity (Wildman–Crippen MR) is 93.9 cm³/mol. The summed E-state index contributed by atoms with van der Waals surface area (Å²) in [7, 11) is -3.29. The molecule has 0 aliphatic heterocycles. The summed E-state index contributed by atoms with van der Waals surface area (Å²) in [6.45, 7) is 3.76. The average Bonchev–Trinajstić information content (AvgIpc) is 2.51. The third kappa shape index (κ3) is 4.87. The maximum Gasteiger partial charge on any atom is 0.232 e. The Hall–Kier alpha value is -1.74. The Morgan fingerprint density at radius 1 is 1.30 bits per heavy atom. The summed E-state index contributed by atoms with van der Waals surface area (Å²) in [5, 5.41) is 12.6. The van der Waals surface area contributed by atoms with Crippen LogP contribution in [0.5, 0.6) is 0 Å². The second kappa shape index (κ2) is 7.69. The van der Waals surface area contributed by atoms with E-state index in [4.69, 9.17) is 5.26 Å². The highest BCUT2D eigenvalue weighted by Gasteiger charge is 2.22. The molecule has 1 fully saturated rings. The Balaban J connectivity index is 2.12. The van der Waals surface area contributed by atoms with Gasteiger partial charge in [0.2, 0.25) is 10.0 Å². The molecule has 1 saturated carbocycles. The number of sulfonamides is 1. The van der Waals surface area contributed by atoms with Crippen LogP contribution in [0, 0.1) is 24.2 Å². The fourth-order valence-corrected chi connectivity index (χ4v) is 4.24. The molecule has 1 aromatic rings. The zero-order valence-corrected chi connectivity index (χ0v) is 14.6. The van der Waals surface area contributed by atoms with E-state index in [1.807, 2.05) is 26.0 Å². The van der Waals surface area contributed by atoms with Gasteiger partial charge in [0.15, 0.2) is 0 Å². The quantitative estimate of drug-likeness (QED) is 0.831. The lowest BCUT2D eigenvalue weighted by atomic mass is 9.86. The van der Waals surface area contributed by atoms with Crippen molar-refractivity contribution in [1.29, 1.82) is 5.26 Å². The number of rotatable bonds is 6. The van der Waals surface area contributed by atoms with Gasteiger partial charge in [0, 0.05) is 17.6 Å². The van der Waals surface area contributed by atoms with Crippen LogP contribution in [0.15, 0.2) is 18.2 Å². The Morgan fingerprint density at radius 2 is 2.04 bits per heavy atom. The van der Waals surface area contributed by atoms with E-state index in [0.717, 1.165) is 36.9 Å². The molecule has 0 heterocycles. The van der Waals surface area contributed by atoms with Crippen LogP contribution in [-0.4, -0.2) is 20.2 Å². The summed E-state index contributed by atoms with van der Waals surface area (Å²) < 4.78 is 26.6. The maximum atomic E-state index is 12.0. The summed E-state index contributed by atoms with van der Waals surface area (Å²) in [6, 6.07) is 8.23. The lowest BCUT2D eigenvalue weighted by Gasteiger charge is -2.28. The van der Waals surface area contributed by atoms with Crippen molar-refractivity contribution in [3.8, 4) is 6.07 Å². The topological polar surface area (TPSA) is 82.0 Å². The van der Waals surface area contributed by atoms with Gasteiger partial charge in [-0.05, 0) is 50.3 Å². The SMILES string of the molecule is CCCS(=O)(=O)Nc1cccc(N[C@@H]2CCC[C@@H](C#N)C2)c1C. The van der Waals surface area contributed by atoms with Crippen LogP contribution in [0.1, 0.15) is 44.6 Å². The van der Waals surface area contributed by atoms with Gasteiger partial charge >= 0.3 is 0 Å². The van der Waals surface area contributed by atoms with Gasteiger partial charge in [0.1, 0.15) is 0 Å². The van der Waals surface area contributed by atoms with Gasteiger partial charge in [-0.2, -0.15) is 5.26 Å². The lowest BCUT2D eigenvalue weighted by molar-refractivity contribution is 0.395. The van der Waals surface area contributed by atoms with Crippen LogP contribution in [0.2, 0.25) is 0 Å². The van der Waals surface area contributed by atoms with Crippen molar-refractivity contribution in [3.05, 3.63) is 23.8 Å². The smallest absolute Gasteiger partial charge is 0.232 e. The molecule has 1 aliphatic carbocycles. The molecule has 2 N–H and O–H groups in total. The molecule has 1 aliphatic rings.